The molecule has 1 amide bonds. The number of amides is 1. The van der Waals surface area contributed by atoms with Gasteiger partial charge in [0.15, 0.2) is 0 Å². The number of benzene rings is 3. The average molecular weight is 504 g/mol. The van der Waals surface area contributed by atoms with Gasteiger partial charge in [0.25, 0.3) is 5.91 Å². The number of hydrogen-bond acceptors (Lipinski definition) is 5. The number of hydrogen-bond donors (Lipinski definition) is 2. The first-order valence-corrected chi connectivity index (χ1v) is 13.0. The van der Waals surface area contributed by atoms with Crippen molar-refractivity contribution >= 4 is 27.6 Å². The van der Waals surface area contributed by atoms with Crippen molar-refractivity contribution in [2.75, 3.05) is 4.72 Å². The van der Waals surface area contributed by atoms with Crippen LogP contribution in [-0.2, 0) is 27.1 Å². The van der Waals surface area contributed by atoms with Gasteiger partial charge in [-0.1, -0.05) is 44.2 Å². The zero-order valence-electron chi connectivity index (χ0n) is 19.8. The molecule has 0 aliphatic carbocycles. The van der Waals surface area contributed by atoms with Crippen molar-refractivity contribution in [1.29, 1.82) is 5.26 Å². The summed E-state index contributed by atoms with van der Waals surface area (Å²) in [5, 5.41) is 18.5. The molecule has 0 unspecified atom stereocenters. The normalized spacial score (nSPS) is 13.8. The molecule has 3 aromatic rings. The van der Waals surface area contributed by atoms with Gasteiger partial charge in [0.05, 0.1) is 17.4 Å². The molecule has 184 valence electrons. The van der Waals surface area contributed by atoms with Crippen molar-refractivity contribution in [1.82, 2.24) is 4.90 Å². The zero-order valence-corrected chi connectivity index (χ0v) is 20.6. The van der Waals surface area contributed by atoms with E-state index in [0.717, 1.165) is 16.7 Å². The van der Waals surface area contributed by atoms with Crippen molar-refractivity contribution in [2.24, 2.45) is 5.92 Å². The molecule has 36 heavy (non-hydrogen) atoms. The number of sulfonamides is 1. The number of carboxylic acids is 1. The van der Waals surface area contributed by atoms with E-state index in [2.05, 4.69) is 4.72 Å². The highest BCUT2D eigenvalue weighted by atomic mass is 32.2. The summed E-state index contributed by atoms with van der Waals surface area (Å²) in [6.07, 6.45) is 0. The first-order chi connectivity index (χ1) is 17.1. The fourth-order valence-electron chi connectivity index (χ4n) is 4.37. The van der Waals surface area contributed by atoms with Crippen LogP contribution in [0.25, 0.3) is 11.1 Å². The lowest BCUT2D eigenvalue weighted by molar-refractivity contribution is -0.144. The molecule has 8 nitrogen and oxygen atoms in total. The quantitative estimate of drug-likeness (QED) is 0.473. The van der Waals surface area contributed by atoms with Crippen LogP contribution in [0.5, 0.6) is 0 Å². The first-order valence-electron chi connectivity index (χ1n) is 11.3. The molecule has 0 bridgehead atoms. The van der Waals surface area contributed by atoms with Gasteiger partial charge in [0, 0.05) is 17.8 Å². The SMILES string of the molecule is CC(C)[C@@H](C(=O)O)N1Cc2cc(-c3ccc(NS(=O)(=O)Cc4ccc(C#N)cc4)cc3)ccc2C1=O. The molecule has 0 saturated carbocycles. The first kappa shape index (κ1) is 24.9. The summed E-state index contributed by atoms with van der Waals surface area (Å²) in [7, 11) is -3.65. The number of carboxylic acid groups (broad SMARTS) is 1. The highest BCUT2D eigenvalue weighted by molar-refractivity contribution is 7.91. The van der Waals surface area contributed by atoms with E-state index in [0.29, 0.717) is 22.4 Å². The summed E-state index contributed by atoms with van der Waals surface area (Å²) in [6, 6.07) is 19.7. The van der Waals surface area contributed by atoms with Crippen LogP contribution in [0.2, 0.25) is 0 Å². The standard InChI is InChI=1S/C27H25N3O5S/c1-17(2)25(27(32)33)30-15-22-13-21(9-12-24(22)26(30)31)20-7-10-23(11-8-20)29-36(34,35)16-19-5-3-18(14-28)4-6-19/h3-13,17,25,29H,15-16H2,1-2H3,(H,32,33)/t25-/m0/s1. The van der Waals surface area contributed by atoms with Gasteiger partial charge in [-0.15, -0.1) is 0 Å². The largest absolute Gasteiger partial charge is 0.480 e. The Kier molecular flexibility index (Phi) is 6.82. The minimum atomic E-state index is -3.65. The Labute approximate surface area is 209 Å². The van der Waals surface area contributed by atoms with Crippen LogP contribution in [-0.4, -0.2) is 36.3 Å². The second-order valence-corrected chi connectivity index (χ2v) is 10.8. The van der Waals surface area contributed by atoms with Crippen LogP contribution < -0.4 is 4.72 Å². The van der Waals surface area contributed by atoms with Gasteiger partial charge in [0.2, 0.25) is 10.0 Å². The smallest absolute Gasteiger partial charge is 0.326 e. The average Bonchev–Trinajstić information content (AvgIpc) is 3.14. The molecule has 1 aliphatic heterocycles. The molecular weight excluding hydrogens is 478 g/mol. The van der Waals surface area contributed by atoms with E-state index < -0.39 is 22.0 Å². The number of nitrogens with zero attached hydrogens (tertiary/aromatic N) is 2. The molecule has 1 atom stereocenters. The predicted molar refractivity (Wildman–Crippen MR) is 135 cm³/mol. The highest BCUT2D eigenvalue weighted by Gasteiger charge is 2.38. The minimum Gasteiger partial charge on any atom is -0.480 e. The van der Waals surface area contributed by atoms with Crippen LogP contribution in [0.3, 0.4) is 0 Å². The van der Waals surface area contributed by atoms with E-state index in [4.69, 9.17) is 5.26 Å². The van der Waals surface area contributed by atoms with Gasteiger partial charge < -0.3 is 10.0 Å². The number of nitriles is 1. The van der Waals surface area contributed by atoms with Crippen molar-refractivity contribution in [3.05, 3.63) is 89.0 Å². The van der Waals surface area contributed by atoms with Crippen LogP contribution in [0.4, 0.5) is 5.69 Å². The number of anilines is 1. The molecule has 2 N–H and O–H groups in total. The fourth-order valence-corrected chi connectivity index (χ4v) is 5.57. The number of nitrogens with one attached hydrogen (secondary N) is 1. The number of rotatable bonds is 8. The third-order valence-electron chi connectivity index (χ3n) is 6.09. The summed E-state index contributed by atoms with van der Waals surface area (Å²) in [5.74, 6) is -1.76. The van der Waals surface area contributed by atoms with Crippen LogP contribution in [0.1, 0.15) is 40.9 Å². The van der Waals surface area contributed by atoms with E-state index in [1.807, 2.05) is 12.1 Å². The molecule has 0 aromatic heterocycles. The van der Waals surface area contributed by atoms with Gasteiger partial charge in [-0.3, -0.25) is 9.52 Å². The zero-order chi connectivity index (χ0) is 26.0. The summed E-state index contributed by atoms with van der Waals surface area (Å²) in [4.78, 5) is 25.9. The summed E-state index contributed by atoms with van der Waals surface area (Å²) >= 11 is 0. The predicted octanol–water partition coefficient (Wildman–Crippen LogP) is 4.23. The lowest BCUT2D eigenvalue weighted by atomic mass is 10.0. The maximum atomic E-state index is 12.8. The minimum absolute atomic E-state index is 0.219. The van der Waals surface area contributed by atoms with E-state index in [-0.39, 0.29) is 24.1 Å². The van der Waals surface area contributed by atoms with Crippen molar-refractivity contribution in [3.8, 4) is 17.2 Å². The highest BCUT2D eigenvalue weighted by Crippen LogP contribution is 2.31. The molecule has 9 heteroatoms. The summed E-state index contributed by atoms with van der Waals surface area (Å²) < 4.78 is 27.7. The molecule has 1 aliphatic rings. The van der Waals surface area contributed by atoms with Crippen LogP contribution in [0, 0.1) is 17.2 Å². The number of aliphatic carboxylic acids is 1. The second kappa shape index (κ2) is 9.84. The Morgan fingerprint density at radius 2 is 1.69 bits per heavy atom. The lowest BCUT2D eigenvalue weighted by Crippen LogP contribution is -2.44. The van der Waals surface area contributed by atoms with Gasteiger partial charge in [0.1, 0.15) is 6.04 Å². The molecule has 4 rings (SSSR count). The number of carbonyl (C=O) groups is 2. The maximum Gasteiger partial charge on any atom is 0.326 e. The molecular formula is C27H25N3O5S. The van der Waals surface area contributed by atoms with E-state index >= 15 is 0 Å². The molecule has 1 heterocycles. The Morgan fingerprint density at radius 3 is 2.28 bits per heavy atom. The summed E-state index contributed by atoms with van der Waals surface area (Å²) in [6.45, 7) is 3.78. The molecule has 0 saturated heterocycles. The topological polar surface area (TPSA) is 128 Å². The van der Waals surface area contributed by atoms with Crippen molar-refractivity contribution in [2.45, 2.75) is 32.2 Å². The van der Waals surface area contributed by atoms with E-state index in [1.165, 1.54) is 4.90 Å². The van der Waals surface area contributed by atoms with Gasteiger partial charge in [-0.2, -0.15) is 5.26 Å². The third kappa shape index (κ3) is 5.24. The second-order valence-electron chi connectivity index (χ2n) is 9.08. The number of fused-ring (bicyclic) bond motifs is 1. The number of carbonyl (C=O) groups excluding carboxylic acids is 1. The third-order valence-corrected chi connectivity index (χ3v) is 7.35. The molecule has 0 spiro atoms. The monoisotopic (exact) mass is 503 g/mol. The lowest BCUT2D eigenvalue weighted by Gasteiger charge is -2.27. The van der Waals surface area contributed by atoms with Gasteiger partial charge in [-0.25, -0.2) is 13.2 Å². The molecule has 0 fully saturated rings. The molecule has 3 aromatic carbocycles. The van der Waals surface area contributed by atoms with E-state index in [1.54, 1.807) is 74.5 Å². The Hall–Kier alpha value is -4.16. The fraction of sp³-hybridized carbons (Fsp3) is 0.222. The van der Waals surface area contributed by atoms with Crippen LogP contribution in [0.15, 0.2) is 66.7 Å². The van der Waals surface area contributed by atoms with Crippen LogP contribution >= 0.6 is 0 Å². The van der Waals surface area contributed by atoms with Crippen molar-refractivity contribution < 1.29 is 23.1 Å². The maximum absolute atomic E-state index is 12.8. The van der Waals surface area contributed by atoms with Gasteiger partial charge in [-0.05, 0) is 64.6 Å². The Balaban J connectivity index is 1.48. The van der Waals surface area contributed by atoms with Crippen molar-refractivity contribution in [3.63, 3.8) is 0 Å². The Bertz CT molecular complexity index is 1460. The van der Waals surface area contributed by atoms with E-state index in [9.17, 15) is 23.1 Å². The summed E-state index contributed by atoms with van der Waals surface area (Å²) in [5.41, 5.74) is 4.38. The van der Waals surface area contributed by atoms with Gasteiger partial charge >= 0.3 is 5.97 Å². The Morgan fingerprint density at radius 1 is 1.06 bits per heavy atom. The molecule has 0 radical (unpaired) electrons.